The Morgan fingerprint density at radius 1 is 0.795 bits per heavy atom. The highest BCUT2D eigenvalue weighted by Crippen LogP contribution is 2.31. The molecular weight excluding hydrogens is 575 g/mol. The van der Waals surface area contributed by atoms with Gasteiger partial charge in [0.15, 0.2) is 5.84 Å². The van der Waals surface area contributed by atoms with Crippen molar-refractivity contribution in [3.63, 3.8) is 0 Å². The summed E-state index contributed by atoms with van der Waals surface area (Å²) in [7, 11) is -4.21. The van der Waals surface area contributed by atoms with E-state index in [0.29, 0.717) is 26.3 Å². The predicted molar refractivity (Wildman–Crippen MR) is 158 cm³/mol. The second-order valence-corrected chi connectivity index (χ2v) is 11.7. The minimum atomic E-state index is -4.21. The maximum Gasteiger partial charge on any atom is 0.284 e. The fraction of sp³-hybridized carbons (Fsp3) is 0.0690. The highest BCUT2D eigenvalue weighted by atomic mass is 35.5. The summed E-state index contributed by atoms with van der Waals surface area (Å²) in [5.74, 6) is -0.328. The first-order valence-electron chi connectivity index (χ1n) is 11.8. The topological polar surface area (TPSA) is 85.9 Å². The third-order valence-corrected chi connectivity index (χ3v) is 8.21. The van der Waals surface area contributed by atoms with Crippen molar-refractivity contribution in [2.75, 3.05) is 6.54 Å². The summed E-state index contributed by atoms with van der Waals surface area (Å²) in [4.78, 5) is -0.0472. The number of rotatable bonds is 6. The van der Waals surface area contributed by atoms with Gasteiger partial charge in [-0.15, -0.1) is 4.40 Å². The fourth-order valence-electron chi connectivity index (χ4n) is 4.20. The summed E-state index contributed by atoms with van der Waals surface area (Å²) in [6.07, 6.45) is 0. The van der Waals surface area contributed by atoms with E-state index in [1.165, 1.54) is 29.3 Å². The molecule has 0 amide bonds. The van der Waals surface area contributed by atoms with Crippen LogP contribution in [0.15, 0.2) is 118 Å². The first kappa shape index (κ1) is 27.1. The minimum absolute atomic E-state index is 0.0472. The lowest BCUT2D eigenvalue weighted by molar-refractivity contribution is 0.480. The maximum atomic E-state index is 13.4. The lowest BCUT2D eigenvalue weighted by Gasteiger charge is -2.19. The van der Waals surface area contributed by atoms with E-state index in [1.807, 2.05) is 42.5 Å². The van der Waals surface area contributed by atoms with Crippen LogP contribution < -0.4 is 0 Å². The standard InChI is InChI=1S/C29H21Cl3N4O2S/c30-22-10-6-20(7-11-22)27(33)29(35-39(37,38)25-16-14-24(32)15-17-25)36-18-26(19-4-2-1-3-5-19)28(34-36)21-8-12-23(31)13-9-21/h1-17,26,33H,18H2/b33-27?,35-29+/t26-/m1/s1. The van der Waals surface area contributed by atoms with Crippen molar-refractivity contribution in [3.8, 4) is 0 Å². The summed E-state index contributed by atoms with van der Waals surface area (Å²) in [6, 6.07) is 29.3. The molecule has 10 heteroatoms. The number of hydrazone groups is 1. The Morgan fingerprint density at radius 3 is 1.92 bits per heavy atom. The summed E-state index contributed by atoms with van der Waals surface area (Å²) in [6.45, 7) is 0.271. The molecule has 0 fully saturated rings. The highest BCUT2D eigenvalue weighted by molar-refractivity contribution is 7.90. The zero-order chi connectivity index (χ0) is 27.6. The van der Waals surface area contributed by atoms with Gasteiger partial charge in [-0.1, -0.05) is 89.4 Å². The Labute approximate surface area is 241 Å². The molecule has 0 spiro atoms. The van der Waals surface area contributed by atoms with Crippen LogP contribution in [0.25, 0.3) is 0 Å². The number of sulfonamides is 1. The Kier molecular flexibility index (Phi) is 7.86. The second-order valence-electron chi connectivity index (χ2n) is 8.76. The molecule has 39 heavy (non-hydrogen) atoms. The van der Waals surface area contributed by atoms with E-state index in [-0.39, 0.29) is 28.9 Å². The summed E-state index contributed by atoms with van der Waals surface area (Å²) < 4.78 is 31.0. The minimum Gasteiger partial charge on any atom is -0.296 e. The van der Waals surface area contributed by atoms with E-state index in [9.17, 15) is 8.42 Å². The first-order valence-corrected chi connectivity index (χ1v) is 14.4. The smallest absolute Gasteiger partial charge is 0.284 e. The van der Waals surface area contributed by atoms with Crippen LogP contribution >= 0.6 is 34.8 Å². The van der Waals surface area contributed by atoms with Gasteiger partial charge < -0.3 is 0 Å². The number of hydrogen-bond acceptors (Lipinski definition) is 4. The van der Waals surface area contributed by atoms with Crippen molar-refractivity contribution < 1.29 is 8.42 Å². The van der Waals surface area contributed by atoms with Gasteiger partial charge in [-0.2, -0.15) is 13.5 Å². The number of hydrogen-bond donors (Lipinski definition) is 1. The number of nitrogens with one attached hydrogen (secondary N) is 1. The van der Waals surface area contributed by atoms with Crippen LogP contribution in [0.1, 0.15) is 22.6 Å². The molecule has 4 aromatic carbocycles. The van der Waals surface area contributed by atoms with E-state index < -0.39 is 10.0 Å². The van der Waals surface area contributed by atoms with E-state index in [2.05, 4.69) is 4.40 Å². The van der Waals surface area contributed by atoms with E-state index in [1.54, 1.807) is 36.4 Å². The van der Waals surface area contributed by atoms with Gasteiger partial charge in [-0.3, -0.25) is 5.41 Å². The van der Waals surface area contributed by atoms with Crippen LogP contribution in [0.3, 0.4) is 0 Å². The second kappa shape index (κ2) is 11.3. The molecule has 0 saturated carbocycles. The molecule has 1 heterocycles. The zero-order valence-electron chi connectivity index (χ0n) is 20.3. The number of benzene rings is 4. The number of amidine groups is 1. The SMILES string of the molecule is N=C(/C(=N\S(=O)(=O)c1ccc(Cl)cc1)N1C[C@H](c2ccccc2)C(c2ccc(Cl)cc2)=N1)c1ccc(Cl)cc1. The molecule has 0 radical (unpaired) electrons. The molecule has 0 bridgehead atoms. The molecule has 1 aliphatic rings. The Balaban J connectivity index is 1.64. The monoisotopic (exact) mass is 594 g/mol. The molecule has 6 nitrogen and oxygen atoms in total. The number of halogens is 3. The van der Waals surface area contributed by atoms with E-state index >= 15 is 0 Å². The molecule has 0 unspecified atom stereocenters. The molecule has 1 atom stereocenters. The van der Waals surface area contributed by atoms with E-state index in [4.69, 9.17) is 45.3 Å². The van der Waals surface area contributed by atoms with Crippen molar-refractivity contribution in [1.29, 1.82) is 5.41 Å². The van der Waals surface area contributed by atoms with Crippen molar-refractivity contribution in [2.45, 2.75) is 10.8 Å². The van der Waals surface area contributed by atoms with Crippen LogP contribution in [-0.4, -0.2) is 37.2 Å². The van der Waals surface area contributed by atoms with Gasteiger partial charge >= 0.3 is 0 Å². The van der Waals surface area contributed by atoms with Gasteiger partial charge in [-0.25, -0.2) is 5.01 Å². The fourth-order valence-corrected chi connectivity index (χ4v) is 5.58. The average molecular weight is 596 g/mol. The first-order chi connectivity index (χ1) is 18.7. The molecule has 1 N–H and O–H groups in total. The zero-order valence-corrected chi connectivity index (χ0v) is 23.4. The lowest BCUT2D eigenvalue weighted by Crippen LogP contribution is -2.33. The van der Waals surface area contributed by atoms with Crippen molar-refractivity contribution in [1.82, 2.24) is 5.01 Å². The molecule has 5 rings (SSSR count). The molecular formula is C29H21Cl3N4O2S. The predicted octanol–water partition coefficient (Wildman–Crippen LogP) is 7.31. The van der Waals surface area contributed by atoms with Crippen LogP contribution in [0.5, 0.6) is 0 Å². The normalized spacial score (nSPS) is 15.8. The van der Waals surface area contributed by atoms with Crippen LogP contribution in [0.2, 0.25) is 15.1 Å². The third-order valence-electron chi connectivity index (χ3n) is 6.18. The van der Waals surface area contributed by atoms with Crippen LogP contribution in [0.4, 0.5) is 0 Å². The molecule has 196 valence electrons. The lowest BCUT2D eigenvalue weighted by atomic mass is 9.90. The molecule has 4 aromatic rings. The summed E-state index contributed by atoms with van der Waals surface area (Å²) in [5, 5.41) is 16.8. The average Bonchev–Trinajstić information content (AvgIpc) is 3.38. The van der Waals surface area contributed by atoms with Gasteiger partial charge in [0.05, 0.1) is 17.2 Å². The summed E-state index contributed by atoms with van der Waals surface area (Å²) >= 11 is 18.2. The largest absolute Gasteiger partial charge is 0.296 e. The van der Waals surface area contributed by atoms with Gasteiger partial charge in [0.25, 0.3) is 10.0 Å². The van der Waals surface area contributed by atoms with Crippen molar-refractivity contribution >= 4 is 62.1 Å². The Bertz CT molecular complexity index is 1670. The van der Waals surface area contributed by atoms with Gasteiger partial charge in [0.1, 0.15) is 5.71 Å². The molecule has 0 aromatic heterocycles. The third kappa shape index (κ3) is 6.07. The Morgan fingerprint density at radius 2 is 1.33 bits per heavy atom. The molecule has 0 aliphatic carbocycles. The van der Waals surface area contributed by atoms with Gasteiger partial charge in [0, 0.05) is 26.5 Å². The quantitative estimate of drug-likeness (QED) is 0.187. The highest BCUT2D eigenvalue weighted by Gasteiger charge is 2.34. The Hall–Kier alpha value is -3.49. The van der Waals surface area contributed by atoms with Crippen LogP contribution in [-0.2, 0) is 10.0 Å². The summed E-state index contributed by atoms with van der Waals surface area (Å²) in [5.41, 5.74) is 2.85. The van der Waals surface area contributed by atoms with Crippen molar-refractivity contribution in [2.24, 2.45) is 9.50 Å². The number of nitrogens with zero attached hydrogens (tertiary/aromatic N) is 3. The van der Waals surface area contributed by atoms with E-state index in [0.717, 1.165) is 11.1 Å². The van der Waals surface area contributed by atoms with Gasteiger partial charge in [-0.05, 0) is 59.7 Å². The maximum absolute atomic E-state index is 13.4. The molecule has 0 saturated heterocycles. The van der Waals surface area contributed by atoms with Gasteiger partial charge in [0.2, 0.25) is 0 Å². The van der Waals surface area contributed by atoms with Crippen molar-refractivity contribution in [3.05, 3.63) is 135 Å². The molecule has 1 aliphatic heterocycles. The van der Waals surface area contributed by atoms with Crippen LogP contribution in [0, 0.1) is 5.41 Å².